The van der Waals surface area contributed by atoms with Crippen molar-refractivity contribution in [3.63, 3.8) is 0 Å². The smallest absolute Gasteiger partial charge is 0.165 e. The van der Waals surface area contributed by atoms with Crippen molar-refractivity contribution in [1.29, 1.82) is 0 Å². The van der Waals surface area contributed by atoms with Gasteiger partial charge in [0.15, 0.2) is 22.6 Å². The van der Waals surface area contributed by atoms with Gasteiger partial charge in [-0.15, -0.1) is 0 Å². The van der Waals surface area contributed by atoms with Crippen LogP contribution < -0.4 is 0 Å². The molecular weight excluding hydrogens is 1820 g/mol. The standard InChI is InChI=1S/2C35H25N5.2C29H21N5/c1-2-39-30-18-6-5-17-29(30)36-34(39)26-14-10-12-24(22-26)23-11-9-13-25(21-23)32-27-15-3-4-16-28(27)33-35(38-32)40-20-8-7-19-31(40)37-33;1-2-39-30-15-6-5-14-29(30)36-34(39)24-19-17-23(18-20-24)25-10-9-11-26(22-25)32-27-12-3-4-13-28(27)33-35(38-32)40-21-8-7-16-31(40)37-33;1-2-33-24-15-6-5-14-23(24)30-28(33)20-11-9-10-19(18-20)26-21-12-3-4-13-22(21)27-29(32-26)34-17-8-7-16-25(34)31-27;1-2-25-30-23-11-5-6-12-24(23)34(25)20-16-14-19(15-17-20)27-21-9-3-4-10-22(21)28-29(32-27)33-18-8-7-13-26(33)31-28/h2*3-22H,2H2,1H3;2*3-18H,2H2,1H3. The van der Waals surface area contributed by atoms with Crippen molar-refractivity contribution in [2.24, 2.45) is 0 Å². The molecule has 20 heteroatoms. The molecule has 704 valence electrons. The monoisotopic (exact) mass is 1910 g/mol. The van der Waals surface area contributed by atoms with Crippen LogP contribution >= 0.6 is 0 Å². The summed E-state index contributed by atoms with van der Waals surface area (Å²) < 4.78 is 17.3. The van der Waals surface area contributed by atoms with Gasteiger partial charge in [0, 0.05) is 139 Å². The second-order valence-corrected chi connectivity index (χ2v) is 37.0. The second kappa shape index (κ2) is 36.4. The lowest BCUT2D eigenvalue weighted by Gasteiger charge is -2.11. The van der Waals surface area contributed by atoms with Gasteiger partial charge in [0.1, 0.15) is 68.0 Å². The zero-order valence-electron chi connectivity index (χ0n) is 81.3. The normalized spacial score (nSPS) is 11.8. The molecule has 0 fully saturated rings. The highest BCUT2D eigenvalue weighted by atomic mass is 15.1. The predicted molar refractivity (Wildman–Crippen MR) is 602 cm³/mol. The van der Waals surface area contributed by atoms with E-state index in [1.165, 1.54) is 5.52 Å². The summed E-state index contributed by atoms with van der Waals surface area (Å²) in [5, 5.41) is 8.84. The highest BCUT2D eigenvalue weighted by molar-refractivity contribution is 6.14. The molecular formula is C128H92N20. The first-order valence-electron chi connectivity index (χ1n) is 50.3. The predicted octanol–water partition coefficient (Wildman–Crippen LogP) is 30.2. The van der Waals surface area contributed by atoms with Crippen LogP contribution in [0.3, 0.4) is 0 Å². The summed E-state index contributed by atoms with van der Waals surface area (Å²) in [5.41, 5.74) is 36.6. The lowest BCUT2D eigenvalue weighted by molar-refractivity contribution is 0.796. The average Bonchev–Trinajstić information content (AvgIpc) is 1.66. The summed E-state index contributed by atoms with van der Waals surface area (Å²) in [6, 6.07) is 143. The van der Waals surface area contributed by atoms with Gasteiger partial charge in [-0.2, -0.15) is 0 Å². The third-order valence-electron chi connectivity index (χ3n) is 28.5. The van der Waals surface area contributed by atoms with Gasteiger partial charge in [-0.25, -0.2) is 59.8 Å². The maximum Gasteiger partial charge on any atom is 0.165 e. The fourth-order valence-electron chi connectivity index (χ4n) is 21.6. The number of para-hydroxylation sites is 8. The van der Waals surface area contributed by atoms with Gasteiger partial charge in [-0.05, 0) is 176 Å². The van der Waals surface area contributed by atoms with Crippen molar-refractivity contribution in [2.45, 2.75) is 53.8 Å². The summed E-state index contributed by atoms with van der Waals surface area (Å²) in [6.45, 7) is 11.2. The molecule has 0 aliphatic heterocycles. The Morgan fingerprint density at radius 3 is 0.804 bits per heavy atom. The Morgan fingerprint density at radius 1 is 0.189 bits per heavy atom. The van der Waals surface area contributed by atoms with E-state index in [4.69, 9.17) is 59.8 Å². The molecule has 0 aliphatic carbocycles. The summed E-state index contributed by atoms with van der Waals surface area (Å²) in [4.78, 5) is 59.9. The molecule has 0 saturated heterocycles. The summed E-state index contributed by atoms with van der Waals surface area (Å²) in [6.07, 6.45) is 8.97. The molecule has 0 bridgehead atoms. The van der Waals surface area contributed by atoms with E-state index in [0.717, 1.165) is 288 Å². The van der Waals surface area contributed by atoms with Crippen LogP contribution in [0.1, 0.15) is 33.5 Å². The van der Waals surface area contributed by atoms with Crippen molar-refractivity contribution >= 4 is 154 Å². The van der Waals surface area contributed by atoms with Gasteiger partial charge in [-0.3, -0.25) is 22.2 Å². The van der Waals surface area contributed by atoms with Crippen LogP contribution in [0.5, 0.6) is 0 Å². The Labute approximate surface area is 848 Å². The van der Waals surface area contributed by atoms with Crippen molar-refractivity contribution in [1.82, 2.24) is 95.7 Å². The molecule has 20 nitrogen and oxygen atoms in total. The minimum Gasteiger partial charge on any atom is -0.324 e. The number of fused-ring (bicyclic) bond motifs is 24. The molecule has 0 amide bonds. The summed E-state index contributed by atoms with van der Waals surface area (Å²) in [5.74, 6) is 4.03. The zero-order valence-corrected chi connectivity index (χ0v) is 81.3. The summed E-state index contributed by atoms with van der Waals surface area (Å²) >= 11 is 0. The van der Waals surface area contributed by atoms with Crippen LogP contribution in [0.15, 0.2) is 437 Å². The van der Waals surface area contributed by atoms with E-state index >= 15 is 0 Å². The van der Waals surface area contributed by atoms with Crippen LogP contribution in [-0.2, 0) is 26.1 Å². The van der Waals surface area contributed by atoms with Crippen LogP contribution in [-0.4, -0.2) is 95.7 Å². The Bertz CT molecular complexity index is 10500. The number of benzene rings is 14. The Hall–Kier alpha value is -19.6. The highest BCUT2D eigenvalue weighted by Gasteiger charge is 2.25. The summed E-state index contributed by atoms with van der Waals surface area (Å²) in [7, 11) is 0. The van der Waals surface area contributed by atoms with Crippen LogP contribution in [0.4, 0.5) is 0 Å². The average molecular weight is 1910 g/mol. The molecule has 0 N–H and O–H groups in total. The number of aryl methyl sites for hydroxylation is 4. The van der Waals surface area contributed by atoms with E-state index in [1.54, 1.807) is 0 Å². The third kappa shape index (κ3) is 15.0. The van der Waals surface area contributed by atoms with Crippen molar-refractivity contribution in [3.05, 3.63) is 443 Å². The first-order valence-corrected chi connectivity index (χ1v) is 50.3. The van der Waals surface area contributed by atoms with Gasteiger partial charge in [-0.1, -0.05) is 286 Å². The number of aromatic nitrogens is 20. The highest BCUT2D eigenvalue weighted by Crippen LogP contribution is 2.43. The molecule has 30 rings (SSSR count). The van der Waals surface area contributed by atoms with E-state index in [0.29, 0.717) is 0 Å². The van der Waals surface area contributed by atoms with E-state index < -0.39 is 0 Å². The molecule has 0 spiro atoms. The van der Waals surface area contributed by atoms with Gasteiger partial charge >= 0.3 is 0 Å². The quantitative estimate of drug-likeness (QED) is 0.100. The van der Waals surface area contributed by atoms with Crippen molar-refractivity contribution in [2.75, 3.05) is 0 Å². The Morgan fingerprint density at radius 2 is 0.453 bits per heavy atom. The molecule has 148 heavy (non-hydrogen) atoms. The van der Waals surface area contributed by atoms with Gasteiger partial charge in [0.05, 0.1) is 66.9 Å². The largest absolute Gasteiger partial charge is 0.324 e. The number of hydrogen-bond donors (Lipinski definition) is 0. The maximum absolute atomic E-state index is 5.20. The second-order valence-electron chi connectivity index (χ2n) is 37.0. The number of hydrogen-bond acceptors (Lipinski definition) is 12. The maximum atomic E-state index is 5.20. The van der Waals surface area contributed by atoms with Crippen LogP contribution in [0.25, 0.3) is 262 Å². The van der Waals surface area contributed by atoms with Gasteiger partial charge in [0.2, 0.25) is 0 Å². The van der Waals surface area contributed by atoms with Crippen molar-refractivity contribution in [3.8, 4) is 107 Å². The van der Waals surface area contributed by atoms with E-state index in [-0.39, 0.29) is 0 Å². The molecule has 16 aromatic heterocycles. The van der Waals surface area contributed by atoms with Crippen LogP contribution in [0, 0.1) is 0 Å². The topological polar surface area (TPSA) is 192 Å². The first-order chi connectivity index (χ1) is 73.2. The van der Waals surface area contributed by atoms with Gasteiger partial charge < -0.3 is 13.7 Å². The molecule has 0 saturated carbocycles. The first kappa shape index (κ1) is 87.4. The molecule has 30 aromatic rings. The zero-order chi connectivity index (χ0) is 98.6. The molecule has 0 unspecified atom stereocenters. The third-order valence-corrected chi connectivity index (χ3v) is 28.5. The molecule has 14 aromatic carbocycles. The minimum absolute atomic E-state index is 0.856. The van der Waals surface area contributed by atoms with Gasteiger partial charge in [0.25, 0.3) is 0 Å². The number of nitrogens with zero attached hydrogens (tertiary/aromatic N) is 20. The lowest BCUT2D eigenvalue weighted by atomic mass is 9.97. The van der Waals surface area contributed by atoms with E-state index in [2.05, 4.69) is 379 Å². The Balaban J connectivity index is 0.0000000977. The number of rotatable bonds is 14. The molecule has 0 atom stereocenters. The Kier molecular flexibility index (Phi) is 21.5. The fourth-order valence-corrected chi connectivity index (χ4v) is 21.6. The number of imidazole rings is 8. The van der Waals surface area contributed by atoms with E-state index in [9.17, 15) is 0 Å². The fraction of sp³-hybridized carbons (Fsp3) is 0.0625. The SMILES string of the molecule is CCc1nc2ccccc2n1-c1ccc(-c2nc3c(nc4ccccn43)c3ccccc23)cc1.CCn1c(-c2ccc(-c3cccc(-c4nc5c(nc6ccccn65)c5ccccc45)c3)cc2)nc2ccccc21.CCn1c(-c2cccc(-c3cccc(-c4nc5c(nc6ccccn65)c5ccccc45)c3)c2)nc2ccccc21.CCn1c(-c2cccc(-c3nc4c(nc5ccccn54)c4ccccc34)c2)nc2ccccc21. The van der Waals surface area contributed by atoms with Crippen LogP contribution in [0.2, 0.25) is 0 Å². The molecule has 0 radical (unpaired) electrons. The van der Waals surface area contributed by atoms with E-state index in [1.807, 2.05) is 122 Å². The van der Waals surface area contributed by atoms with Crippen molar-refractivity contribution < 1.29 is 0 Å². The molecule has 0 aliphatic rings. The molecule has 16 heterocycles. The number of pyridine rings is 8. The lowest BCUT2D eigenvalue weighted by Crippen LogP contribution is -2.00. The minimum atomic E-state index is 0.856.